The van der Waals surface area contributed by atoms with Gasteiger partial charge in [-0.1, -0.05) is 30.0 Å². The first kappa shape index (κ1) is 16.4. The van der Waals surface area contributed by atoms with Gasteiger partial charge in [-0.3, -0.25) is 13.8 Å². The lowest BCUT2D eigenvalue weighted by molar-refractivity contribution is 0.0315. The third-order valence-electron chi connectivity index (χ3n) is 4.46. The molecule has 25 heavy (non-hydrogen) atoms. The maximum atomic E-state index is 12.8. The Morgan fingerprint density at radius 2 is 2.20 bits per heavy atom. The van der Waals surface area contributed by atoms with Gasteiger partial charge in [0.25, 0.3) is 5.56 Å². The number of hydrogen-bond acceptors (Lipinski definition) is 5. The van der Waals surface area contributed by atoms with Crippen molar-refractivity contribution in [1.82, 2.24) is 19.2 Å². The van der Waals surface area contributed by atoms with Gasteiger partial charge in [-0.2, -0.15) is 0 Å². The molecule has 1 aliphatic heterocycles. The van der Waals surface area contributed by atoms with Crippen molar-refractivity contribution >= 4 is 28.4 Å². The van der Waals surface area contributed by atoms with E-state index in [1.165, 1.54) is 6.42 Å². The van der Waals surface area contributed by atoms with Gasteiger partial charge in [0.2, 0.25) is 5.78 Å². The second-order valence-electron chi connectivity index (χ2n) is 6.14. The minimum Gasteiger partial charge on any atom is -0.377 e. The molecule has 3 heterocycles. The van der Waals surface area contributed by atoms with Crippen molar-refractivity contribution in [3.8, 4) is 0 Å². The molecule has 6 nitrogen and oxygen atoms in total. The van der Waals surface area contributed by atoms with Crippen LogP contribution in [0.3, 0.4) is 0 Å². The summed E-state index contributed by atoms with van der Waals surface area (Å²) in [4.78, 5) is 12.8. The zero-order valence-corrected chi connectivity index (χ0v) is 14.7. The monoisotopic (exact) mass is 356 g/mol. The van der Waals surface area contributed by atoms with Crippen molar-refractivity contribution in [2.75, 3.05) is 12.4 Å². The topological polar surface area (TPSA) is 61.4 Å². The highest BCUT2D eigenvalue weighted by atomic mass is 32.2. The van der Waals surface area contributed by atoms with Crippen LogP contribution in [-0.4, -0.2) is 37.6 Å². The number of fused-ring (bicyclic) bond motifs is 3. The zero-order chi connectivity index (χ0) is 17.2. The van der Waals surface area contributed by atoms with Crippen LogP contribution in [-0.2, 0) is 11.3 Å². The number of nitrogens with zero attached hydrogens (tertiary/aromatic N) is 4. The molecule has 1 aliphatic rings. The Bertz CT molecular complexity index is 972. The van der Waals surface area contributed by atoms with E-state index in [1.807, 2.05) is 28.7 Å². The van der Waals surface area contributed by atoms with E-state index < -0.39 is 0 Å². The van der Waals surface area contributed by atoms with Crippen LogP contribution in [0.1, 0.15) is 19.3 Å². The summed E-state index contributed by atoms with van der Waals surface area (Å²) >= 11 is 1.63. The van der Waals surface area contributed by atoms with Crippen LogP contribution >= 0.6 is 11.8 Å². The maximum Gasteiger partial charge on any atom is 0.263 e. The summed E-state index contributed by atoms with van der Waals surface area (Å²) in [7, 11) is 0. The minimum atomic E-state index is -0.0671. The molecule has 0 amide bonds. The second-order valence-corrected chi connectivity index (χ2v) is 7.13. The van der Waals surface area contributed by atoms with Crippen molar-refractivity contribution in [3.63, 3.8) is 0 Å². The summed E-state index contributed by atoms with van der Waals surface area (Å²) in [5.41, 5.74) is 0.766. The van der Waals surface area contributed by atoms with Gasteiger partial charge in [-0.25, -0.2) is 0 Å². The molecule has 3 aromatic rings. The first-order valence-corrected chi connectivity index (χ1v) is 9.50. The van der Waals surface area contributed by atoms with Gasteiger partial charge in [-0.15, -0.1) is 16.8 Å². The van der Waals surface area contributed by atoms with E-state index in [2.05, 4.69) is 16.8 Å². The first-order chi connectivity index (χ1) is 12.3. The summed E-state index contributed by atoms with van der Waals surface area (Å²) in [5, 5.41) is 10.1. The number of thioether (sulfide) groups is 1. The molecule has 0 spiro atoms. The molecule has 1 saturated heterocycles. The number of benzene rings is 1. The Labute approximate surface area is 149 Å². The fraction of sp³-hybridized carbons (Fsp3) is 0.389. The lowest BCUT2D eigenvalue weighted by atomic mass is 10.1. The van der Waals surface area contributed by atoms with Crippen molar-refractivity contribution < 1.29 is 4.74 Å². The van der Waals surface area contributed by atoms with Gasteiger partial charge in [0.05, 0.1) is 17.0 Å². The first-order valence-electron chi connectivity index (χ1n) is 8.51. The van der Waals surface area contributed by atoms with Gasteiger partial charge in [0.1, 0.15) is 0 Å². The quantitative estimate of drug-likeness (QED) is 0.520. The van der Waals surface area contributed by atoms with Gasteiger partial charge in [0.15, 0.2) is 5.16 Å². The average Bonchev–Trinajstić information content (AvgIpc) is 3.08. The van der Waals surface area contributed by atoms with Gasteiger partial charge in [-0.05, 0) is 31.4 Å². The molecule has 0 bridgehead atoms. The summed E-state index contributed by atoms with van der Waals surface area (Å²) in [5.74, 6) is 1.39. The van der Waals surface area contributed by atoms with Crippen LogP contribution in [0.4, 0.5) is 0 Å². The number of ether oxygens (including phenoxy) is 1. The smallest absolute Gasteiger partial charge is 0.263 e. The van der Waals surface area contributed by atoms with E-state index in [1.54, 1.807) is 22.4 Å². The fourth-order valence-corrected chi connectivity index (χ4v) is 4.23. The highest BCUT2D eigenvalue weighted by Gasteiger charge is 2.19. The predicted octanol–water partition coefficient (Wildman–Crippen LogP) is 2.89. The molecule has 1 aromatic carbocycles. The summed E-state index contributed by atoms with van der Waals surface area (Å²) in [6.07, 6.45) is 5.41. The number of hydrogen-bond donors (Lipinski definition) is 0. The third-order valence-corrected chi connectivity index (χ3v) is 5.52. The molecule has 0 radical (unpaired) electrons. The van der Waals surface area contributed by atoms with Crippen LogP contribution in [0.15, 0.2) is 46.9 Å². The highest BCUT2D eigenvalue weighted by molar-refractivity contribution is 7.99. The van der Waals surface area contributed by atoms with Crippen molar-refractivity contribution in [1.29, 1.82) is 0 Å². The summed E-state index contributed by atoms with van der Waals surface area (Å²) in [6, 6.07) is 7.58. The SMILES string of the molecule is C=CCn1c(=O)c2ccccc2n2c(SCC3CCCCO3)nnc12. The largest absolute Gasteiger partial charge is 0.377 e. The van der Waals surface area contributed by atoms with Gasteiger partial charge >= 0.3 is 0 Å². The maximum absolute atomic E-state index is 12.8. The van der Waals surface area contributed by atoms with E-state index in [0.717, 1.165) is 35.9 Å². The average molecular weight is 356 g/mol. The molecule has 0 saturated carbocycles. The third kappa shape index (κ3) is 2.98. The molecule has 1 atom stereocenters. The molecule has 7 heteroatoms. The molecule has 2 aromatic heterocycles. The van der Waals surface area contributed by atoms with Gasteiger partial charge in [0, 0.05) is 18.9 Å². The van der Waals surface area contributed by atoms with E-state index in [4.69, 9.17) is 4.74 Å². The summed E-state index contributed by atoms with van der Waals surface area (Å²) < 4.78 is 9.39. The lowest BCUT2D eigenvalue weighted by Crippen LogP contribution is -2.23. The molecule has 4 rings (SSSR count). The number of aromatic nitrogens is 4. The Morgan fingerprint density at radius 3 is 3.00 bits per heavy atom. The zero-order valence-electron chi connectivity index (χ0n) is 13.9. The molecule has 0 N–H and O–H groups in total. The lowest BCUT2D eigenvalue weighted by Gasteiger charge is -2.21. The Morgan fingerprint density at radius 1 is 1.32 bits per heavy atom. The number of allylic oxidation sites excluding steroid dienone is 1. The second kappa shape index (κ2) is 7.01. The van der Waals surface area contributed by atoms with E-state index in [9.17, 15) is 4.79 Å². The van der Waals surface area contributed by atoms with Crippen LogP contribution in [0.5, 0.6) is 0 Å². The van der Waals surface area contributed by atoms with Crippen molar-refractivity contribution in [3.05, 3.63) is 47.3 Å². The molecule has 1 unspecified atom stereocenters. The van der Waals surface area contributed by atoms with E-state index in [-0.39, 0.29) is 11.7 Å². The van der Waals surface area contributed by atoms with E-state index in [0.29, 0.717) is 17.7 Å². The standard InChI is InChI=1S/C18H20N4O2S/c1-2-10-21-16(23)14-8-3-4-9-15(14)22-17(21)19-20-18(22)25-12-13-7-5-6-11-24-13/h2-4,8-9,13H,1,5-7,10-12H2. The predicted molar refractivity (Wildman–Crippen MR) is 99.3 cm³/mol. The molecular weight excluding hydrogens is 336 g/mol. The van der Waals surface area contributed by atoms with Crippen molar-refractivity contribution in [2.24, 2.45) is 0 Å². The number of rotatable bonds is 5. The normalized spacial score (nSPS) is 18.0. The Balaban J connectivity index is 1.80. The van der Waals surface area contributed by atoms with Crippen molar-refractivity contribution in [2.45, 2.75) is 37.1 Å². The highest BCUT2D eigenvalue weighted by Crippen LogP contribution is 2.25. The molecular formula is C18H20N4O2S. The molecule has 0 aliphatic carbocycles. The molecule has 130 valence electrons. The summed E-state index contributed by atoms with van der Waals surface area (Å²) in [6.45, 7) is 4.99. The molecule has 1 fully saturated rings. The van der Waals surface area contributed by atoms with Crippen LogP contribution < -0.4 is 5.56 Å². The number of para-hydroxylation sites is 1. The minimum absolute atomic E-state index is 0.0671. The van der Waals surface area contributed by atoms with Crippen LogP contribution in [0.2, 0.25) is 0 Å². The Hall–Kier alpha value is -2.12. The fourth-order valence-electron chi connectivity index (χ4n) is 3.23. The van der Waals surface area contributed by atoms with Crippen LogP contribution in [0.25, 0.3) is 16.7 Å². The Kier molecular flexibility index (Phi) is 4.59. The van der Waals surface area contributed by atoms with Crippen LogP contribution in [0, 0.1) is 0 Å². The van der Waals surface area contributed by atoms with E-state index >= 15 is 0 Å². The van der Waals surface area contributed by atoms with Gasteiger partial charge < -0.3 is 4.74 Å².